The molecule has 1 aromatic carbocycles. The third kappa shape index (κ3) is 3.52. The fraction of sp³-hybridized carbons (Fsp3) is 0.542. The third-order valence-electron chi connectivity index (χ3n) is 8.13. The number of hydrogen-bond donors (Lipinski definition) is 1. The van der Waals surface area contributed by atoms with Crippen molar-refractivity contribution in [3.63, 3.8) is 0 Å². The SMILES string of the molecule is Cc1c(N2CCC(=O)NC2=O)ccc2c1ccn2C1CCC2(CCB(C#N)CC2)CC1. The van der Waals surface area contributed by atoms with Gasteiger partial charge in [-0.25, -0.2) is 10.1 Å². The highest BCUT2D eigenvalue weighted by atomic mass is 16.2. The summed E-state index contributed by atoms with van der Waals surface area (Å²) in [6.07, 6.45) is 12.0. The van der Waals surface area contributed by atoms with Crippen LogP contribution in [0.15, 0.2) is 24.4 Å². The minimum absolute atomic E-state index is 0.206. The first-order chi connectivity index (χ1) is 15.0. The van der Waals surface area contributed by atoms with Crippen molar-refractivity contribution in [2.45, 2.75) is 70.6 Å². The Labute approximate surface area is 183 Å². The van der Waals surface area contributed by atoms with Crippen LogP contribution in [0.25, 0.3) is 10.9 Å². The predicted molar refractivity (Wildman–Crippen MR) is 122 cm³/mol. The minimum Gasteiger partial charge on any atom is -0.344 e. The third-order valence-corrected chi connectivity index (χ3v) is 8.13. The largest absolute Gasteiger partial charge is 0.344 e. The molecule has 6 nitrogen and oxygen atoms in total. The lowest BCUT2D eigenvalue weighted by molar-refractivity contribution is -0.120. The van der Waals surface area contributed by atoms with Crippen molar-refractivity contribution in [3.05, 3.63) is 30.0 Å². The van der Waals surface area contributed by atoms with Crippen molar-refractivity contribution < 1.29 is 9.59 Å². The topological polar surface area (TPSA) is 78.1 Å². The van der Waals surface area contributed by atoms with Crippen LogP contribution in [-0.4, -0.2) is 29.8 Å². The molecule has 0 radical (unpaired) electrons. The van der Waals surface area contributed by atoms with Crippen LogP contribution in [0.2, 0.25) is 12.6 Å². The fourth-order valence-corrected chi connectivity index (χ4v) is 6.13. The lowest BCUT2D eigenvalue weighted by atomic mass is 9.38. The van der Waals surface area contributed by atoms with Crippen LogP contribution in [0, 0.1) is 23.6 Å². The second-order valence-corrected chi connectivity index (χ2v) is 9.76. The number of aromatic nitrogens is 1. The van der Waals surface area contributed by atoms with E-state index in [1.807, 2.05) is 6.07 Å². The van der Waals surface area contributed by atoms with Crippen LogP contribution in [-0.2, 0) is 4.79 Å². The molecule has 160 valence electrons. The molecule has 1 saturated carbocycles. The number of nitrogens with zero attached hydrogens (tertiary/aromatic N) is 3. The summed E-state index contributed by atoms with van der Waals surface area (Å²) in [5, 5.41) is 12.8. The molecule has 1 spiro atoms. The number of imide groups is 1. The molecule has 2 aliphatic heterocycles. The van der Waals surface area contributed by atoms with Crippen LogP contribution >= 0.6 is 0 Å². The number of aryl methyl sites for hydroxylation is 1. The Bertz CT molecular complexity index is 1070. The smallest absolute Gasteiger partial charge is 0.328 e. The van der Waals surface area contributed by atoms with Gasteiger partial charge in [-0.15, -0.1) is 0 Å². The number of hydrogen-bond acceptors (Lipinski definition) is 3. The van der Waals surface area contributed by atoms with Crippen molar-refractivity contribution in [2.75, 3.05) is 11.4 Å². The molecule has 31 heavy (non-hydrogen) atoms. The number of anilines is 1. The molecule has 3 fully saturated rings. The number of nitrogens with one attached hydrogen (secondary N) is 1. The van der Waals surface area contributed by atoms with Crippen molar-refractivity contribution in [1.29, 1.82) is 5.26 Å². The van der Waals surface area contributed by atoms with Gasteiger partial charge in [0, 0.05) is 47.8 Å². The molecule has 7 heteroatoms. The molecule has 0 unspecified atom stereocenters. The van der Waals surface area contributed by atoms with E-state index in [0.29, 0.717) is 24.4 Å². The lowest BCUT2D eigenvalue weighted by Crippen LogP contribution is -2.49. The van der Waals surface area contributed by atoms with Gasteiger partial charge in [-0.2, -0.15) is 0 Å². The molecular weight excluding hydrogens is 387 g/mol. The van der Waals surface area contributed by atoms with E-state index in [0.717, 1.165) is 23.9 Å². The summed E-state index contributed by atoms with van der Waals surface area (Å²) < 4.78 is 2.43. The van der Waals surface area contributed by atoms with Crippen molar-refractivity contribution in [1.82, 2.24) is 9.88 Å². The summed E-state index contributed by atoms with van der Waals surface area (Å²) in [4.78, 5) is 25.5. The number of rotatable bonds is 2. The van der Waals surface area contributed by atoms with Crippen molar-refractivity contribution >= 4 is 35.2 Å². The van der Waals surface area contributed by atoms with Gasteiger partial charge in [0.15, 0.2) is 0 Å². The average Bonchev–Trinajstić information content (AvgIpc) is 3.21. The van der Waals surface area contributed by atoms with Crippen LogP contribution < -0.4 is 10.2 Å². The first-order valence-electron chi connectivity index (χ1n) is 11.6. The lowest BCUT2D eigenvalue weighted by Gasteiger charge is -2.44. The molecule has 3 amide bonds. The van der Waals surface area contributed by atoms with E-state index in [1.165, 1.54) is 49.4 Å². The van der Waals surface area contributed by atoms with Gasteiger partial charge in [0.05, 0.1) is 0 Å². The number of nitriles is 1. The van der Waals surface area contributed by atoms with Crippen molar-refractivity contribution in [3.8, 4) is 5.97 Å². The van der Waals surface area contributed by atoms with Gasteiger partial charge < -0.3 is 4.57 Å². The normalized spacial score (nSPS) is 22.1. The number of urea groups is 1. The highest BCUT2D eigenvalue weighted by molar-refractivity contribution is 6.67. The van der Waals surface area contributed by atoms with Gasteiger partial charge in [0.2, 0.25) is 5.91 Å². The summed E-state index contributed by atoms with van der Waals surface area (Å²) >= 11 is 0. The van der Waals surface area contributed by atoms with Gasteiger partial charge in [0.25, 0.3) is 6.71 Å². The van der Waals surface area contributed by atoms with Crippen molar-refractivity contribution in [2.24, 2.45) is 5.41 Å². The Morgan fingerprint density at radius 1 is 1.13 bits per heavy atom. The summed E-state index contributed by atoms with van der Waals surface area (Å²) in [7, 11) is 0. The van der Waals surface area contributed by atoms with E-state index >= 15 is 0 Å². The Morgan fingerprint density at radius 3 is 2.55 bits per heavy atom. The maximum atomic E-state index is 12.3. The molecule has 3 heterocycles. The zero-order valence-corrected chi connectivity index (χ0v) is 18.2. The quantitative estimate of drug-likeness (QED) is 0.711. The van der Waals surface area contributed by atoms with E-state index in [4.69, 9.17) is 0 Å². The van der Waals surface area contributed by atoms with E-state index in [9.17, 15) is 14.9 Å². The highest BCUT2D eigenvalue weighted by Gasteiger charge is 2.40. The molecule has 1 aliphatic carbocycles. The van der Waals surface area contributed by atoms with Crippen LogP contribution in [0.3, 0.4) is 0 Å². The highest BCUT2D eigenvalue weighted by Crippen LogP contribution is 2.50. The first-order valence-corrected chi connectivity index (χ1v) is 11.6. The molecule has 1 N–H and O–H groups in total. The molecule has 1 aromatic heterocycles. The maximum absolute atomic E-state index is 12.3. The zero-order chi connectivity index (χ0) is 21.6. The van der Waals surface area contributed by atoms with Gasteiger partial charge >= 0.3 is 6.03 Å². The molecule has 2 aromatic rings. The maximum Gasteiger partial charge on any atom is 0.328 e. The number of carbonyl (C=O) groups excluding carboxylic acids is 2. The minimum atomic E-state index is -0.332. The number of amides is 3. The van der Waals surface area contributed by atoms with Crippen LogP contribution in [0.1, 0.15) is 56.6 Å². The Balaban J connectivity index is 1.34. The number of fused-ring (bicyclic) bond motifs is 1. The monoisotopic (exact) mass is 416 g/mol. The molecule has 0 atom stereocenters. The first kappa shape index (κ1) is 20.2. The average molecular weight is 416 g/mol. The summed E-state index contributed by atoms with van der Waals surface area (Å²) in [5.41, 5.74) is 3.66. The fourth-order valence-electron chi connectivity index (χ4n) is 6.13. The molecule has 5 rings (SSSR count). The van der Waals surface area contributed by atoms with E-state index in [-0.39, 0.29) is 18.7 Å². The predicted octanol–water partition coefficient (Wildman–Crippen LogP) is 4.85. The van der Waals surface area contributed by atoms with Crippen LogP contribution in [0.5, 0.6) is 0 Å². The second kappa shape index (κ2) is 7.74. The van der Waals surface area contributed by atoms with E-state index < -0.39 is 0 Å². The number of carbonyl (C=O) groups is 2. The Kier molecular flexibility index (Phi) is 5.04. The van der Waals surface area contributed by atoms with E-state index in [2.05, 4.69) is 41.1 Å². The van der Waals surface area contributed by atoms with Gasteiger partial charge in [-0.05, 0) is 61.8 Å². The van der Waals surface area contributed by atoms with Crippen LogP contribution in [0.4, 0.5) is 10.5 Å². The molecule has 0 bridgehead atoms. The summed E-state index contributed by atoms with van der Waals surface area (Å²) in [5.74, 6) is 2.26. The summed E-state index contributed by atoms with van der Waals surface area (Å²) in [6, 6.07) is 6.50. The Hall–Kier alpha value is -2.75. The second-order valence-electron chi connectivity index (χ2n) is 9.76. The molecule has 3 aliphatic rings. The Morgan fingerprint density at radius 2 is 1.87 bits per heavy atom. The van der Waals surface area contributed by atoms with Gasteiger partial charge in [0.1, 0.15) is 0 Å². The molecular formula is C24H29BN4O2. The summed E-state index contributed by atoms with van der Waals surface area (Å²) in [6.45, 7) is 2.76. The molecule has 2 saturated heterocycles. The van der Waals surface area contributed by atoms with Gasteiger partial charge in [-0.3, -0.25) is 15.0 Å². The van der Waals surface area contributed by atoms with E-state index in [1.54, 1.807) is 4.90 Å². The zero-order valence-electron chi connectivity index (χ0n) is 18.2. The number of benzene rings is 1. The van der Waals surface area contributed by atoms with Gasteiger partial charge in [-0.1, -0.05) is 25.5 Å². The standard InChI is InChI=1S/C24H29BN4O2/c1-17-19-6-14-28(18-4-8-24(9-5-18)10-12-25(16-26)13-11-24)21(19)3-2-20(17)29-15-7-22(30)27-23(29)31/h2-3,6,14,18H,4-5,7-13,15H2,1H3,(H,27,30,31).